The van der Waals surface area contributed by atoms with Crippen molar-refractivity contribution in [3.63, 3.8) is 0 Å². The average molecular weight is 273 g/mol. The van der Waals surface area contributed by atoms with Crippen LogP contribution in [-0.4, -0.2) is 60.1 Å². The fourth-order valence-corrected chi connectivity index (χ4v) is 4.00. The Bertz CT molecular complexity index is 538. The molecule has 2 N–H and O–H groups in total. The van der Waals surface area contributed by atoms with E-state index in [0.29, 0.717) is 6.54 Å². The van der Waals surface area contributed by atoms with Crippen molar-refractivity contribution in [2.24, 2.45) is 7.05 Å². The van der Waals surface area contributed by atoms with Crippen LogP contribution in [-0.2, 0) is 17.1 Å². The maximum atomic E-state index is 12.5. The Morgan fingerprint density at radius 2 is 2.06 bits per heavy atom. The average Bonchev–Trinajstić information content (AvgIpc) is 2.57. The van der Waals surface area contributed by atoms with Crippen molar-refractivity contribution < 1.29 is 8.42 Å². The molecule has 0 aliphatic carbocycles. The van der Waals surface area contributed by atoms with Crippen LogP contribution in [0.5, 0.6) is 0 Å². The van der Waals surface area contributed by atoms with Crippen LogP contribution in [0.25, 0.3) is 0 Å². The van der Waals surface area contributed by atoms with Crippen LogP contribution in [0.1, 0.15) is 6.92 Å². The van der Waals surface area contributed by atoms with E-state index < -0.39 is 10.0 Å². The first-order chi connectivity index (χ1) is 8.32. The van der Waals surface area contributed by atoms with Crippen LogP contribution in [0.2, 0.25) is 0 Å². The molecule has 1 aromatic rings. The summed E-state index contributed by atoms with van der Waals surface area (Å²) in [6.45, 7) is 3.83. The molecule has 1 saturated heterocycles. The smallest absolute Gasteiger partial charge is 0.248 e. The third kappa shape index (κ3) is 2.23. The van der Waals surface area contributed by atoms with Crippen LogP contribution in [0, 0.1) is 0 Å². The standard InChI is InChI=1S/C10H19N5O2S/c1-8-6-13(2)4-5-15(8)18(16,17)9-7-14(3)12-10(9)11/h7-8H,4-6H2,1-3H3,(H2,11,12). The highest BCUT2D eigenvalue weighted by Gasteiger charge is 2.34. The first-order valence-electron chi connectivity index (χ1n) is 5.82. The number of nitrogens with zero attached hydrogens (tertiary/aromatic N) is 4. The number of aromatic nitrogens is 2. The highest BCUT2D eigenvalue weighted by atomic mass is 32.2. The van der Waals surface area contributed by atoms with Crippen molar-refractivity contribution in [1.29, 1.82) is 0 Å². The fourth-order valence-electron chi connectivity index (χ4n) is 2.29. The molecule has 0 amide bonds. The number of hydrogen-bond donors (Lipinski definition) is 1. The first kappa shape index (κ1) is 13.3. The van der Waals surface area contributed by atoms with E-state index in [-0.39, 0.29) is 16.8 Å². The number of nitrogens with two attached hydrogens (primary N) is 1. The molecule has 2 heterocycles. The summed E-state index contributed by atoms with van der Waals surface area (Å²) in [5, 5.41) is 3.89. The summed E-state index contributed by atoms with van der Waals surface area (Å²) < 4.78 is 27.9. The second kappa shape index (κ2) is 4.52. The molecule has 1 aliphatic rings. The van der Waals surface area contributed by atoms with Crippen LogP contribution in [0.15, 0.2) is 11.1 Å². The summed E-state index contributed by atoms with van der Waals surface area (Å²) in [4.78, 5) is 2.21. The number of sulfonamides is 1. The van der Waals surface area contributed by atoms with Crippen molar-refractivity contribution in [2.75, 3.05) is 32.4 Å². The van der Waals surface area contributed by atoms with Gasteiger partial charge in [-0.25, -0.2) is 8.42 Å². The monoisotopic (exact) mass is 273 g/mol. The van der Waals surface area contributed by atoms with Gasteiger partial charge < -0.3 is 10.6 Å². The van der Waals surface area contributed by atoms with Crippen molar-refractivity contribution in [3.8, 4) is 0 Å². The van der Waals surface area contributed by atoms with Crippen LogP contribution in [0.4, 0.5) is 5.82 Å². The Balaban J connectivity index is 2.34. The zero-order valence-electron chi connectivity index (χ0n) is 10.9. The Morgan fingerprint density at radius 1 is 1.39 bits per heavy atom. The number of anilines is 1. The molecular formula is C10H19N5O2S. The number of nitrogen functional groups attached to an aromatic ring is 1. The van der Waals surface area contributed by atoms with Crippen LogP contribution in [0.3, 0.4) is 0 Å². The fraction of sp³-hybridized carbons (Fsp3) is 0.700. The molecule has 1 aliphatic heterocycles. The molecule has 1 atom stereocenters. The predicted molar refractivity (Wildman–Crippen MR) is 68.5 cm³/mol. The van der Waals surface area contributed by atoms with Gasteiger partial charge in [0.2, 0.25) is 10.0 Å². The predicted octanol–water partition coefficient (Wildman–Crippen LogP) is -0.673. The third-order valence-corrected chi connectivity index (χ3v) is 5.21. The van der Waals surface area contributed by atoms with Gasteiger partial charge in [0.25, 0.3) is 0 Å². The van der Waals surface area contributed by atoms with Crippen molar-refractivity contribution in [3.05, 3.63) is 6.20 Å². The molecule has 1 unspecified atom stereocenters. The van der Waals surface area contributed by atoms with Crippen LogP contribution >= 0.6 is 0 Å². The minimum atomic E-state index is -3.55. The van der Waals surface area contributed by atoms with Gasteiger partial charge >= 0.3 is 0 Å². The molecule has 8 heteroatoms. The zero-order valence-corrected chi connectivity index (χ0v) is 11.7. The normalized spacial score (nSPS) is 23.4. The number of aryl methyl sites for hydroxylation is 1. The van der Waals surface area contributed by atoms with E-state index in [9.17, 15) is 8.42 Å². The molecule has 1 fully saturated rings. The van der Waals surface area contributed by atoms with Crippen LogP contribution < -0.4 is 5.73 Å². The molecule has 18 heavy (non-hydrogen) atoms. The Kier molecular flexibility index (Phi) is 3.35. The van der Waals surface area contributed by atoms with E-state index in [0.717, 1.165) is 13.1 Å². The molecule has 0 radical (unpaired) electrons. The van der Waals surface area contributed by atoms with Gasteiger partial charge in [-0.05, 0) is 14.0 Å². The topological polar surface area (TPSA) is 84.5 Å². The summed E-state index contributed by atoms with van der Waals surface area (Å²) in [5.41, 5.74) is 5.66. The van der Waals surface area contributed by atoms with Gasteiger partial charge in [0.05, 0.1) is 0 Å². The molecule has 2 rings (SSSR count). The van der Waals surface area contributed by atoms with Crippen molar-refractivity contribution in [2.45, 2.75) is 17.9 Å². The summed E-state index contributed by atoms with van der Waals surface area (Å²) >= 11 is 0. The minimum absolute atomic E-state index is 0.0589. The summed E-state index contributed by atoms with van der Waals surface area (Å²) in [6, 6.07) is -0.0617. The zero-order chi connectivity index (χ0) is 13.5. The lowest BCUT2D eigenvalue weighted by Crippen LogP contribution is -2.52. The SMILES string of the molecule is CC1CN(C)CCN1S(=O)(=O)c1cn(C)nc1N. The van der Waals surface area contributed by atoms with Crippen molar-refractivity contribution in [1.82, 2.24) is 19.0 Å². The van der Waals surface area contributed by atoms with Gasteiger partial charge in [-0.2, -0.15) is 9.40 Å². The molecule has 102 valence electrons. The van der Waals surface area contributed by atoms with Gasteiger partial charge in [0, 0.05) is 38.9 Å². The van der Waals surface area contributed by atoms with Gasteiger partial charge in [0.15, 0.2) is 5.82 Å². The molecule has 0 spiro atoms. The lowest BCUT2D eigenvalue weighted by Gasteiger charge is -2.36. The molecule has 0 saturated carbocycles. The molecule has 7 nitrogen and oxygen atoms in total. The Labute approximate surface area is 107 Å². The van der Waals surface area contributed by atoms with E-state index in [1.807, 2.05) is 14.0 Å². The maximum Gasteiger partial charge on any atom is 0.248 e. The molecule has 1 aromatic heterocycles. The second-order valence-electron chi connectivity index (χ2n) is 4.78. The number of hydrogen-bond acceptors (Lipinski definition) is 5. The summed E-state index contributed by atoms with van der Waals surface area (Å²) in [6.07, 6.45) is 1.45. The minimum Gasteiger partial charge on any atom is -0.381 e. The quantitative estimate of drug-likeness (QED) is 0.772. The number of piperazine rings is 1. The first-order valence-corrected chi connectivity index (χ1v) is 7.26. The van der Waals surface area contributed by atoms with E-state index in [2.05, 4.69) is 10.00 Å². The number of rotatable bonds is 2. The van der Waals surface area contributed by atoms with Gasteiger partial charge in [-0.15, -0.1) is 0 Å². The number of likely N-dealkylation sites (N-methyl/N-ethyl adjacent to an activating group) is 1. The molecule has 0 aromatic carbocycles. The highest BCUT2D eigenvalue weighted by molar-refractivity contribution is 7.89. The highest BCUT2D eigenvalue weighted by Crippen LogP contribution is 2.24. The lowest BCUT2D eigenvalue weighted by atomic mass is 10.2. The van der Waals surface area contributed by atoms with E-state index in [4.69, 9.17) is 5.73 Å². The second-order valence-corrected chi connectivity index (χ2v) is 6.64. The van der Waals surface area contributed by atoms with Gasteiger partial charge in [-0.3, -0.25) is 4.68 Å². The van der Waals surface area contributed by atoms with E-state index >= 15 is 0 Å². The largest absolute Gasteiger partial charge is 0.381 e. The Morgan fingerprint density at radius 3 is 2.56 bits per heavy atom. The van der Waals surface area contributed by atoms with E-state index in [1.54, 1.807) is 7.05 Å². The lowest BCUT2D eigenvalue weighted by molar-refractivity contribution is 0.170. The van der Waals surface area contributed by atoms with Gasteiger partial charge in [0.1, 0.15) is 4.90 Å². The van der Waals surface area contributed by atoms with Crippen molar-refractivity contribution >= 4 is 15.8 Å². The Hall–Kier alpha value is -1.12. The summed E-state index contributed by atoms with van der Waals surface area (Å²) in [5.74, 6) is 0.0589. The molecular weight excluding hydrogens is 254 g/mol. The van der Waals surface area contributed by atoms with E-state index in [1.165, 1.54) is 15.2 Å². The summed E-state index contributed by atoms with van der Waals surface area (Å²) in [7, 11) is 0.0944. The maximum absolute atomic E-state index is 12.5. The third-order valence-electron chi connectivity index (χ3n) is 3.18. The van der Waals surface area contributed by atoms with Gasteiger partial charge in [-0.1, -0.05) is 0 Å². The molecule has 0 bridgehead atoms.